The number of nitrogens with two attached hydrogens (primary N) is 1. The van der Waals surface area contributed by atoms with Crippen molar-refractivity contribution < 1.29 is 13.6 Å². The number of halogens is 3. The van der Waals surface area contributed by atoms with E-state index in [4.69, 9.17) is 17.3 Å². The Morgan fingerprint density at radius 3 is 2.69 bits per heavy atom. The first-order chi connectivity index (χ1) is 7.50. The van der Waals surface area contributed by atoms with Crippen molar-refractivity contribution >= 4 is 23.2 Å². The zero-order valence-corrected chi connectivity index (χ0v) is 8.97. The summed E-state index contributed by atoms with van der Waals surface area (Å²) in [5.41, 5.74) is 5.56. The average molecular weight is 247 g/mol. The number of hydrogen-bond acceptors (Lipinski definition) is 2. The predicted octanol–water partition coefficient (Wildman–Crippen LogP) is 1.68. The molecular formula is C10H9ClF2N2O. The molecule has 0 aromatic heterocycles. The van der Waals surface area contributed by atoms with E-state index in [1.807, 2.05) is 0 Å². The molecule has 3 nitrogen and oxygen atoms in total. The highest BCUT2D eigenvalue weighted by Gasteiger charge is 2.30. The van der Waals surface area contributed by atoms with Crippen molar-refractivity contribution in [2.75, 3.05) is 11.4 Å². The Morgan fingerprint density at radius 2 is 2.12 bits per heavy atom. The molecule has 1 saturated heterocycles. The Bertz CT molecular complexity index is 453. The van der Waals surface area contributed by atoms with Gasteiger partial charge in [0.15, 0.2) is 5.82 Å². The SMILES string of the molecule is NC1CC(=O)N(c2ccc(F)c(Cl)c2F)C1. The standard InChI is InChI=1S/C10H9ClF2N2O/c11-9-6(12)1-2-7(10(9)13)15-4-5(14)3-8(15)16/h1-2,5H,3-4,14H2. The summed E-state index contributed by atoms with van der Waals surface area (Å²) in [7, 11) is 0. The number of carbonyl (C=O) groups excluding carboxylic acids is 1. The minimum atomic E-state index is -0.927. The van der Waals surface area contributed by atoms with Crippen molar-refractivity contribution in [3.8, 4) is 0 Å². The van der Waals surface area contributed by atoms with Crippen LogP contribution in [0.1, 0.15) is 6.42 Å². The van der Waals surface area contributed by atoms with Crippen LogP contribution in [0.5, 0.6) is 0 Å². The summed E-state index contributed by atoms with van der Waals surface area (Å²) in [6.07, 6.45) is 0.161. The van der Waals surface area contributed by atoms with Crippen molar-refractivity contribution in [3.05, 3.63) is 28.8 Å². The second kappa shape index (κ2) is 3.99. The third-order valence-electron chi connectivity index (χ3n) is 2.46. The minimum Gasteiger partial charge on any atom is -0.326 e. The number of carbonyl (C=O) groups is 1. The van der Waals surface area contributed by atoms with Crippen LogP contribution in [0.25, 0.3) is 0 Å². The number of nitrogens with zero attached hydrogens (tertiary/aromatic N) is 1. The fourth-order valence-corrected chi connectivity index (χ4v) is 1.85. The molecule has 2 rings (SSSR count). The van der Waals surface area contributed by atoms with Crippen LogP contribution in [-0.2, 0) is 4.79 Å². The lowest BCUT2D eigenvalue weighted by molar-refractivity contribution is -0.117. The van der Waals surface area contributed by atoms with Gasteiger partial charge in [-0.3, -0.25) is 4.79 Å². The van der Waals surface area contributed by atoms with Crippen LogP contribution < -0.4 is 10.6 Å². The van der Waals surface area contributed by atoms with E-state index in [-0.39, 0.29) is 30.6 Å². The van der Waals surface area contributed by atoms with Gasteiger partial charge in [0.05, 0.1) is 5.69 Å². The van der Waals surface area contributed by atoms with Gasteiger partial charge in [-0.15, -0.1) is 0 Å². The molecule has 86 valence electrons. The molecule has 0 aliphatic carbocycles. The van der Waals surface area contributed by atoms with Crippen molar-refractivity contribution in [2.45, 2.75) is 12.5 Å². The van der Waals surface area contributed by atoms with Crippen LogP contribution in [0, 0.1) is 11.6 Å². The molecule has 1 aliphatic rings. The summed E-state index contributed by atoms with van der Waals surface area (Å²) in [6.45, 7) is 0.220. The molecule has 0 bridgehead atoms. The average Bonchev–Trinajstić information content (AvgIpc) is 2.55. The maximum Gasteiger partial charge on any atom is 0.228 e. The number of hydrogen-bond donors (Lipinski definition) is 1. The van der Waals surface area contributed by atoms with Gasteiger partial charge < -0.3 is 10.6 Å². The van der Waals surface area contributed by atoms with E-state index in [0.717, 1.165) is 6.07 Å². The molecule has 1 fully saturated rings. The molecule has 2 N–H and O–H groups in total. The first-order valence-corrected chi connectivity index (χ1v) is 5.08. The van der Waals surface area contributed by atoms with Crippen LogP contribution in [-0.4, -0.2) is 18.5 Å². The number of benzene rings is 1. The normalized spacial score (nSPS) is 20.6. The summed E-state index contributed by atoms with van der Waals surface area (Å²) in [4.78, 5) is 12.7. The van der Waals surface area contributed by atoms with Gasteiger partial charge in [0, 0.05) is 19.0 Å². The molecule has 1 aromatic carbocycles. The maximum atomic E-state index is 13.6. The first-order valence-electron chi connectivity index (χ1n) is 4.70. The third-order valence-corrected chi connectivity index (χ3v) is 2.81. The van der Waals surface area contributed by atoms with Crippen molar-refractivity contribution in [3.63, 3.8) is 0 Å². The van der Waals surface area contributed by atoms with Gasteiger partial charge in [0.1, 0.15) is 10.8 Å². The molecule has 0 radical (unpaired) electrons. The van der Waals surface area contributed by atoms with Gasteiger partial charge in [-0.05, 0) is 12.1 Å². The molecule has 1 unspecified atom stereocenters. The Labute approximate surface area is 95.8 Å². The highest BCUT2D eigenvalue weighted by Crippen LogP contribution is 2.30. The van der Waals surface area contributed by atoms with E-state index < -0.39 is 16.7 Å². The summed E-state index contributed by atoms with van der Waals surface area (Å²) < 4.78 is 26.5. The molecular weight excluding hydrogens is 238 g/mol. The molecule has 0 spiro atoms. The number of amides is 1. The fourth-order valence-electron chi connectivity index (χ4n) is 1.69. The lowest BCUT2D eigenvalue weighted by atomic mass is 10.2. The molecule has 1 aromatic rings. The zero-order chi connectivity index (χ0) is 11.9. The predicted molar refractivity (Wildman–Crippen MR) is 56.3 cm³/mol. The van der Waals surface area contributed by atoms with Gasteiger partial charge in [0.25, 0.3) is 0 Å². The van der Waals surface area contributed by atoms with Crippen molar-refractivity contribution in [2.24, 2.45) is 5.73 Å². The molecule has 1 heterocycles. The second-order valence-electron chi connectivity index (χ2n) is 3.66. The maximum absolute atomic E-state index is 13.6. The quantitative estimate of drug-likeness (QED) is 0.767. The van der Waals surface area contributed by atoms with Gasteiger partial charge >= 0.3 is 0 Å². The summed E-state index contributed by atoms with van der Waals surface area (Å²) >= 11 is 5.43. The van der Waals surface area contributed by atoms with Crippen LogP contribution in [0.4, 0.5) is 14.5 Å². The highest BCUT2D eigenvalue weighted by molar-refractivity contribution is 6.31. The largest absolute Gasteiger partial charge is 0.326 e. The molecule has 1 atom stereocenters. The van der Waals surface area contributed by atoms with Crippen molar-refractivity contribution in [1.29, 1.82) is 0 Å². The van der Waals surface area contributed by atoms with Gasteiger partial charge in [-0.1, -0.05) is 11.6 Å². The first kappa shape index (κ1) is 11.3. The Balaban J connectivity index is 2.42. The molecule has 1 amide bonds. The number of anilines is 1. The van der Waals surface area contributed by atoms with E-state index in [1.165, 1.54) is 11.0 Å². The van der Waals surface area contributed by atoms with E-state index in [2.05, 4.69) is 0 Å². The van der Waals surface area contributed by atoms with Gasteiger partial charge in [0.2, 0.25) is 5.91 Å². The van der Waals surface area contributed by atoms with E-state index in [0.29, 0.717) is 0 Å². The molecule has 6 heteroatoms. The molecule has 16 heavy (non-hydrogen) atoms. The Morgan fingerprint density at radius 1 is 1.44 bits per heavy atom. The van der Waals surface area contributed by atoms with Crippen LogP contribution in [0.3, 0.4) is 0 Å². The number of rotatable bonds is 1. The smallest absolute Gasteiger partial charge is 0.228 e. The highest BCUT2D eigenvalue weighted by atomic mass is 35.5. The Kier molecular flexibility index (Phi) is 2.82. The third kappa shape index (κ3) is 1.76. The van der Waals surface area contributed by atoms with E-state index in [9.17, 15) is 13.6 Å². The fraction of sp³-hybridized carbons (Fsp3) is 0.300. The van der Waals surface area contributed by atoms with Crippen LogP contribution >= 0.6 is 11.6 Å². The van der Waals surface area contributed by atoms with Crippen LogP contribution in [0.15, 0.2) is 12.1 Å². The van der Waals surface area contributed by atoms with Crippen molar-refractivity contribution in [1.82, 2.24) is 0 Å². The molecule has 0 saturated carbocycles. The Hall–Kier alpha value is -1.20. The summed E-state index contributed by atoms with van der Waals surface area (Å²) in [5.74, 6) is -2.06. The topological polar surface area (TPSA) is 46.3 Å². The van der Waals surface area contributed by atoms with E-state index in [1.54, 1.807) is 0 Å². The summed E-state index contributed by atoms with van der Waals surface area (Å²) in [5, 5.41) is -0.606. The summed E-state index contributed by atoms with van der Waals surface area (Å²) in [6, 6.07) is 1.89. The lowest BCUT2D eigenvalue weighted by Gasteiger charge is -2.17. The lowest BCUT2D eigenvalue weighted by Crippen LogP contribution is -2.28. The van der Waals surface area contributed by atoms with Gasteiger partial charge in [-0.25, -0.2) is 8.78 Å². The van der Waals surface area contributed by atoms with E-state index >= 15 is 0 Å². The zero-order valence-electron chi connectivity index (χ0n) is 8.21. The molecule has 1 aliphatic heterocycles. The second-order valence-corrected chi connectivity index (χ2v) is 4.04. The van der Waals surface area contributed by atoms with Crippen LogP contribution in [0.2, 0.25) is 5.02 Å². The minimum absolute atomic E-state index is 0.0237. The monoisotopic (exact) mass is 246 g/mol. The van der Waals surface area contributed by atoms with Gasteiger partial charge in [-0.2, -0.15) is 0 Å².